The monoisotopic (exact) mass is 674 g/mol. The Morgan fingerprint density at radius 3 is 2.32 bits per heavy atom. The third-order valence-electron chi connectivity index (χ3n) is 5.28. The summed E-state index contributed by atoms with van der Waals surface area (Å²) < 4.78 is 19.0. The van der Waals surface area contributed by atoms with E-state index in [2.05, 4.69) is 83.9 Å². The van der Waals surface area contributed by atoms with Gasteiger partial charge in [0.25, 0.3) is 0 Å². The zero-order valence-corrected chi connectivity index (χ0v) is 27.5. The standard InChI is InChI=1S/C21H38IO4Si.3CH3.Sn/c1-7-9-21(23)26-20(15-22)14-18(2)10-8-11-19(3)16-25-17-24-12-13-27(4,5)6;;;;/h9,11,18,20H,8,10,12-17H2,1-6H3;3*1H3;/b9-7?,19-11+;;;;/t18-,20-;;;;/m0..../s1. The van der Waals surface area contributed by atoms with Gasteiger partial charge in [-0.25, -0.2) is 0 Å². The van der Waals surface area contributed by atoms with Crippen LogP contribution in [-0.4, -0.2) is 63.0 Å². The molecule has 0 aromatic heterocycles. The number of allylic oxidation sites excluding steroid dienone is 2. The van der Waals surface area contributed by atoms with Gasteiger partial charge in [-0.05, 0) is 6.04 Å². The first-order chi connectivity index (χ1) is 14.2. The van der Waals surface area contributed by atoms with Crippen molar-refractivity contribution in [2.75, 3.05) is 24.4 Å². The Morgan fingerprint density at radius 1 is 1.13 bits per heavy atom. The molecule has 0 aromatic carbocycles. The van der Waals surface area contributed by atoms with Gasteiger partial charge in [0.2, 0.25) is 0 Å². The van der Waals surface area contributed by atoms with Gasteiger partial charge in [0, 0.05) is 14.7 Å². The third-order valence-corrected chi connectivity index (χ3v) is 15.1. The van der Waals surface area contributed by atoms with Crippen LogP contribution in [0.25, 0.3) is 0 Å². The van der Waals surface area contributed by atoms with E-state index >= 15 is 0 Å². The number of ether oxygens (including phenoxy) is 3. The molecule has 0 aliphatic carbocycles. The molecule has 0 spiro atoms. The van der Waals surface area contributed by atoms with Crippen LogP contribution < -0.4 is 0 Å². The molecule has 0 aromatic rings. The Kier molecular flexibility index (Phi) is 16.6. The maximum absolute atomic E-state index is 12.3. The molecule has 0 rings (SSSR count). The van der Waals surface area contributed by atoms with Gasteiger partial charge in [0.15, 0.2) is 0 Å². The number of hydrogen-bond acceptors (Lipinski definition) is 4. The van der Waals surface area contributed by atoms with Crippen LogP contribution in [0.2, 0.25) is 40.5 Å². The van der Waals surface area contributed by atoms with Gasteiger partial charge in [-0.15, -0.1) is 0 Å². The molecule has 31 heavy (non-hydrogen) atoms. The molecular formula is C24H47IO4SiSn. The van der Waals surface area contributed by atoms with Crippen molar-refractivity contribution in [1.29, 1.82) is 0 Å². The van der Waals surface area contributed by atoms with E-state index in [-0.39, 0.29) is 12.1 Å². The van der Waals surface area contributed by atoms with Crippen LogP contribution in [0.3, 0.4) is 0 Å². The number of halogens is 1. The topological polar surface area (TPSA) is 44.8 Å². The molecule has 0 saturated heterocycles. The van der Waals surface area contributed by atoms with E-state index in [4.69, 9.17) is 14.2 Å². The second kappa shape index (κ2) is 16.3. The second-order valence-electron chi connectivity index (χ2n) is 10.9. The molecule has 7 heteroatoms. The quantitative estimate of drug-likeness (QED) is 0.0254. The molecule has 0 fully saturated rings. The Morgan fingerprint density at radius 2 is 1.77 bits per heavy atom. The van der Waals surface area contributed by atoms with Crippen molar-refractivity contribution in [3.05, 3.63) is 21.3 Å². The second-order valence-corrected chi connectivity index (χ2v) is 32.5. The molecule has 0 aliphatic rings. The van der Waals surface area contributed by atoms with Crippen LogP contribution in [0, 0.1) is 5.92 Å². The van der Waals surface area contributed by atoms with E-state index in [0.717, 1.165) is 30.3 Å². The molecule has 0 unspecified atom stereocenters. The van der Waals surface area contributed by atoms with E-state index < -0.39 is 26.5 Å². The first kappa shape index (κ1) is 31.6. The first-order valence-electron chi connectivity index (χ1n) is 11.5. The molecule has 0 bridgehead atoms. The fraction of sp³-hybridized carbons (Fsp3) is 0.792. The fourth-order valence-electron chi connectivity index (χ4n) is 2.67. The van der Waals surface area contributed by atoms with Crippen LogP contribution in [0.4, 0.5) is 0 Å². The van der Waals surface area contributed by atoms with Crippen molar-refractivity contribution in [2.24, 2.45) is 5.92 Å². The summed E-state index contributed by atoms with van der Waals surface area (Å²) >= 11 is 0.159. The summed E-state index contributed by atoms with van der Waals surface area (Å²) in [5.74, 6) is 0.340. The van der Waals surface area contributed by atoms with E-state index in [1.165, 1.54) is 15.2 Å². The molecule has 182 valence electrons. The van der Waals surface area contributed by atoms with Crippen molar-refractivity contribution < 1.29 is 19.0 Å². The molecule has 0 heterocycles. The van der Waals surface area contributed by atoms with Gasteiger partial charge < -0.3 is 9.47 Å². The molecule has 0 saturated carbocycles. The summed E-state index contributed by atoms with van der Waals surface area (Å²) in [7, 11) is -1.03. The van der Waals surface area contributed by atoms with Crippen LogP contribution in [0.5, 0.6) is 0 Å². The van der Waals surface area contributed by atoms with Crippen LogP contribution >= 0.6 is 22.6 Å². The number of esters is 1. The molecule has 0 radical (unpaired) electrons. The normalized spacial score (nSPS) is 15.7. The average molecular weight is 673 g/mol. The first-order valence-corrected chi connectivity index (χ1v) is 26.7. The SMILES string of the molecule is C/[C](=C/C(=O)O[C@H](CI)C[C@@H](C)CC/C=C(\C)COCOCC[Si](C)(C)C)[Sn]([CH3])([CH3])[CH3]. The maximum atomic E-state index is 12.3. The van der Waals surface area contributed by atoms with Crippen molar-refractivity contribution >= 4 is 55.0 Å². The van der Waals surface area contributed by atoms with Gasteiger partial charge in [-0.2, -0.15) is 0 Å². The Labute approximate surface area is 211 Å². The Bertz CT molecular complexity index is 579. The molecule has 2 atom stereocenters. The van der Waals surface area contributed by atoms with Gasteiger partial charge in [0.1, 0.15) is 6.79 Å². The van der Waals surface area contributed by atoms with E-state index in [1.54, 1.807) is 6.08 Å². The summed E-state index contributed by atoms with van der Waals surface area (Å²) in [5.41, 5.74) is 1.24. The van der Waals surface area contributed by atoms with Crippen LogP contribution in [0.1, 0.15) is 40.0 Å². The summed E-state index contributed by atoms with van der Waals surface area (Å²) in [5, 5.41) is 0. The average Bonchev–Trinajstić information content (AvgIpc) is 2.62. The summed E-state index contributed by atoms with van der Waals surface area (Å²) in [6.07, 6.45) is 7.00. The van der Waals surface area contributed by atoms with Crippen LogP contribution in [-0.2, 0) is 19.0 Å². The van der Waals surface area contributed by atoms with Gasteiger partial charge in [0.05, 0.1) is 0 Å². The van der Waals surface area contributed by atoms with E-state index in [9.17, 15) is 4.79 Å². The van der Waals surface area contributed by atoms with Crippen molar-refractivity contribution in [1.82, 2.24) is 0 Å². The Balaban J connectivity index is 4.18. The van der Waals surface area contributed by atoms with Gasteiger partial charge >= 0.3 is 156 Å². The zero-order valence-electron chi connectivity index (χ0n) is 21.5. The zero-order chi connectivity index (χ0) is 24.1. The van der Waals surface area contributed by atoms with E-state index in [0.29, 0.717) is 19.3 Å². The number of hydrogen-bond donors (Lipinski definition) is 0. The minimum atomic E-state index is -2.16. The predicted molar refractivity (Wildman–Crippen MR) is 148 cm³/mol. The minimum absolute atomic E-state index is 0.0102. The molecular weight excluding hydrogens is 626 g/mol. The number of rotatable bonds is 16. The fourth-order valence-corrected chi connectivity index (χ4v) is 5.54. The van der Waals surface area contributed by atoms with E-state index in [1.807, 2.05) is 0 Å². The molecule has 0 aliphatic heterocycles. The molecule has 0 N–H and O–H groups in total. The number of carbonyl (C=O) groups excluding carboxylic acids is 1. The molecule has 4 nitrogen and oxygen atoms in total. The number of carbonyl (C=O) groups is 1. The summed E-state index contributed by atoms with van der Waals surface area (Å²) in [6, 6.07) is 1.17. The molecule has 0 amide bonds. The Hall–Kier alpha value is 0.616. The van der Waals surface area contributed by atoms with Gasteiger partial charge in [-0.1, -0.05) is 19.6 Å². The van der Waals surface area contributed by atoms with Gasteiger partial charge in [-0.3, -0.25) is 0 Å². The van der Waals surface area contributed by atoms with Crippen molar-refractivity contribution in [3.63, 3.8) is 0 Å². The van der Waals surface area contributed by atoms with Crippen molar-refractivity contribution in [3.8, 4) is 0 Å². The van der Waals surface area contributed by atoms with Crippen molar-refractivity contribution in [2.45, 2.75) is 86.6 Å². The summed E-state index contributed by atoms with van der Waals surface area (Å²) in [6.45, 7) is 15.3. The van der Waals surface area contributed by atoms with Crippen LogP contribution in [0.15, 0.2) is 21.3 Å². The predicted octanol–water partition coefficient (Wildman–Crippen LogP) is 7.24. The summed E-state index contributed by atoms with van der Waals surface area (Å²) in [4.78, 5) is 19.2. The third kappa shape index (κ3) is 18.7. The number of alkyl halides is 1.